The second kappa shape index (κ2) is 46.8. The molecule has 35 rings (SSSR count). The van der Waals surface area contributed by atoms with Gasteiger partial charge in [0.05, 0.1) is 60.6 Å². The smallest absolute Gasteiger partial charge is 0.302 e. The minimum Gasteiger partial charge on any atom is -0.461 e. The quantitative estimate of drug-likeness (QED) is 0.0371. The summed E-state index contributed by atoms with van der Waals surface area (Å²) >= 11 is 3.80. The Kier molecular flexibility index (Phi) is 34.5. The molecule has 5 aromatic rings. The SMILES string of the molecule is C1=C(CN2c3ccccc3Sc3ccccc32)C2CCN1CC2.C1CN2CCC1C1(CO1)C2.CC(=O)OCC1=CN2CCC1CC2.CC(C)c1cc(C(C)C)c(S(=O)(=O)NN)c(C(C)C)c1.CN=C1CN2CCC1CC2.O=C1CN2CCC1CC2.O=C1CN2CCC1CC2.OCC1=CN2CCC1CC2.OCC1=CN2CCC1CC2.c1ccc2c(c1)Sc1ccccc1N2CC1CN2CCC1CC2. The fourth-order valence-corrected chi connectivity index (χ4v) is 28.3. The molecule has 18 bridgehead atoms. The Hall–Kier alpha value is -7.41. The second-order valence-corrected chi connectivity index (χ2v) is 47.0. The first-order chi connectivity index (χ1) is 66.4. The first kappa shape index (κ1) is 101. The summed E-state index contributed by atoms with van der Waals surface area (Å²) in [6, 6.07) is 39.4. The number of ketones is 2. The molecule has 20 saturated heterocycles. The van der Waals surface area contributed by atoms with Gasteiger partial charge in [-0.25, -0.2) is 8.42 Å². The number of hydrogen-bond acceptors (Lipinski definition) is 24. The van der Waals surface area contributed by atoms with Gasteiger partial charge in [0.15, 0.2) is 0 Å². The van der Waals surface area contributed by atoms with Crippen LogP contribution in [-0.2, 0) is 33.9 Å². The van der Waals surface area contributed by atoms with Gasteiger partial charge < -0.3 is 58.9 Å². The van der Waals surface area contributed by atoms with Crippen molar-refractivity contribution in [3.63, 3.8) is 0 Å². The molecule has 30 heterocycles. The fourth-order valence-electron chi connectivity index (χ4n) is 24.8. The van der Waals surface area contributed by atoms with Crippen molar-refractivity contribution in [1.29, 1.82) is 0 Å². The Balaban J connectivity index is 0.000000108. The third-order valence-electron chi connectivity index (χ3n) is 33.4. The van der Waals surface area contributed by atoms with Gasteiger partial charge in [-0.15, -0.1) is 0 Å². The molecule has 1 spiro atoms. The third-order valence-corrected chi connectivity index (χ3v) is 37.0. The lowest BCUT2D eigenvalue weighted by Crippen LogP contribution is -2.52. The van der Waals surface area contributed by atoms with Crippen LogP contribution in [0.3, 0.4) is 0 Å². The van der Waals surface area contributed by atoms with Crippen LogP contribution in [0.1, 0.15) is 198 Å². The molecule has 2 atom stereocenters. The summed E-state index contributed by atoms with van der Waals surface area (Å²) in [6.07, 6.45) is 31.8. The van der Waals surface area contributed by atoms with Crippen molar-refractivity contribution < 1.29 is 42.5 Å². The van der Waals surface area contributed by atoms with E-state index < -0.39 is 10.0 Å². The summed E-state index contributed by atoms with van der Waals surface area (Å²) < 4.78 is 35.1. The van der Waals surface area contributed by atoms with Gasteiger partial charge in [-0.1, -0.05) is 126 Å². The number of anilines is 4. The number of aliphatic hydroxyl groups excluding tert-OH is 2. The van der Waals surface area contributed by atoms with Crippen molar-refractivity contribution in [1.82, 2.24) is 48.9 Å². The van der Waals surface area contributed by atoms with Crippen LogP contribution in [-0.4, -0.2) is 289 Å². The van der Waals surface area contributed by atoms with Gasteiger partial charge in [0, 0.05) is 167 Å². The van der Waals surface area contributed by atoms with E-state index in [0.717, 1.165) is 137 Å². The van der Waals surface area contributed by atoms with Gasteiger partial charge in [0.25, 0.3) is 10.0 Å². The number of esters is 1. The topological polar surface area (TPSA) is 234 Å². The molecule has 20 fully saturated rings. The van der Waals surface area contributed by atoms with Crippen LogP contribution in [0.2, 0.25) is 0 Å². The number of Topliss-reactive ketones (excluding diaryl/α,β-unsaturated/α-hetero) is 2. The molecule has 5 N–H and O–H groups in total. The van der Waals surface area contributed by atoms with Crippen molar-refractivity contribution in [3.8, 4) is 0 Å². The highest BCUT2D eigenvalue weighted by Gasteiger charge is 2.56. The summed E-state index contributed by atoms with van der Waals surface area (Å²) in [7, 11) is -1.74. The second-order valence-electron chi connectivity index (χ2n) is 43.1. The van der Waals surface area contributed by atoms with E-state index in [4.69, 9.17) is 25.5 Å². The van der Waals surface area contributed by atoms with Gasteiger partial charge in [-0.05, 0) is 328 Å². The first-order valence-electron chi connectivity index (χ1n) is 52.5. The standard InChI is InChI=1S/C20H22N2S.C20H20N2S.C15H26N2O2S.C10H15NO2.C8H14N2.3C8H13NO.2C7H11NO/c2*1-3-7-19-17(5-1)22(18-6-2-4-8-20(18)23-19)14-16-13-21-11-9-15(16)10-12-21;1-9(2)12-7-13(10(3)4)15(20(18,19)17-16)14(8-12)11(5)6;1-8(12)13-7-10-6-11-4-2-9(10)3-5-11;1-9-8-6-10-4-2-7(8)3-5-10;1-3-9-4-2-7(1)8(5-9)6-10-8;2*10-6-8-5-9-3-1-7(8)2-4-9;2*9-7-5-8-3-1-6(7)2-4-8/h1-8,15-16H,9-14H2;1-8,13,15H,9-12,14H2;7-11,17H,16H2,1-6H3;6,9H,2-5,7H2,1H3;7H,2-6H2,1H3;7H,1-6H2;2*5,7,10H,1-4,6H2;2*6H,1-5H2. The molecular formula is C111H158N14O9S3. The van der Waals surface area contributed by atoms with E-state index in [-0.39, 0.29) is 31.0 Å². The summed E-state index contributed by atoms with van der Waals surface area (Å²) in [5.74, 6) is 13.8. The number of nitrogens with two attached hydrogens (primary N) is 1. The molecule has 2 unspecified atom stereocenters. The third kappa shape index (κ3) is 25.1. The van der Waals surface area contributed by atoms with E-state index in [1.807, 2.05) is 75.2 Å². The summed E-state index contributed by atoms with van der Waals surface area (Å²) in [4.78, 5) is 71.6. The molecule has 30 aliphatic rings. The number of aliphatic hydroxyl groups is 2. The predicted octanol–water partition coefficient (Wildman–Crippen LogP) is 16.9. The Morgan fingerprint density at radius 1 is 0.474 bits per heavy atom. The summed E-state index contributed by atoms with van der Waals surface area (Å²) in [6.45, 7) is 45.3. The number of nitrogens with zero attached hydrogens (tertiary/aromatic N) is 12. The van der Waals surface area contributed by atoms with E-state index >= 15 is 0 Å². The summed E-state index contributed by atoms with van der Waals surface area (Å²) in [5, 5.41) is 17.8. The molecule has 0 amide bonds. The number of rotatable bonds is 13. The molecule has 0 aliphatic carbocycles. The van der Waals surface area contributed by atoms with Crippen LogP contribution < -0.4 is 20.5 Å². The zero-order valence-electron chi connectivity index (χ0n) is 83.4. The number of sulfonamides is 1. The Labute approximate surface area is 827 Å². The molecule has 137 heavy (non-hydrogen) atoms. The lowest BCUT2D eigenvalue weighted by atomic mass is 9.78. The highest BCUT2D eigenvalue weighted by molar-refractivity contribution is 8.00. The maximum Gasteiger partial charge on any atom is 0.302 e. The average molecular weight is 1930 g/mol. The number of para-hydroxylation sites is 4. The molecule has 23 nitrogen and oxygen atoms in total. The normalized spacial score (nSPS) is 28.4. The van der Waals surface area contributed by atoms with Crippen molar-refractivity contribution in [2.45, 2.75) is 212 Å². The Morgan fingerprint density at radius 2 is 0.839 bits per heavy atom. The van der Waals surface area contributed by atoms with E-state index in [0.29, 0.717) is 64.2 Å². The van der Waals surface area contributed by atoms with Gasteiger partial charge >= 0.3 is 5.97 Å². The van der Waals surface area contributed by atoms with E-state index in [9.17, 15) is 22.8 Å². The predicted molar refractivity (Wildman–Crippen MR) is 553 cm³/mol. The largest absolute Gasteiger partial charge is 0.461 e. The highest BCUT2D eigenvalue weighted by Crippen LogP contribution is 2.52. The molecular weight excluding hydrogens is 1770 g/mol. The number of hydrazine groups is 1. The van der Waals surface area contributed by atoms with Crippen molar-refractivity contribution in [2.75, 3.05) is 207 Å². The fraction of sp³-hybridized carbons (Fsp3) is 0.622. The minimum absolute atomic E-state index is 0.115. The molecule has 0 radical (unpaired) electrons. The van der Waals surface area contributed by atoms with Gasteiger partial charge in [-0.2, -0.15) is 4.83 Å². The van der Waals surface area contributed by atoms with Crippen LogP contribution >= 0.6 is 23.5 Å². The van der Waals surface area contributed by atoms with Crippen LogP contribution in [0.15, 0.2) is 186 Å². The number of piperidine rings is 19. The maximum absolute atomic E-state index is 12.3. The number of carbonyl (C=O) groups is 3. The van der Waals surface area contributed by atoms with E-state index in [1.165, 1.54) is 266 Å². The number of benzene rings is 5. The summed E-state index contributed by atoms with van der Waals surface area (Å²) in [5.41, 5.74) is 15.5. The maximum atomic E-state index is 12.3. The molecule has 5 aromatic carbocycles. The van der Waals surface area contributed by atoms with Gasteiger partial charge in [-0.3, -0.25) is 39.9 Å². The van der Waals surface area contributed by atoms with E-state index in [2.05, 4.69) is 195 Å². The van der Waals surface area contributed by atoms with Gasteiger partial charge in [0.2, 0.25) is 0 Å². The van der Waals surface area contributed by atoms with Crippen molar-refractivity contribution >= 4 is 79.5 Å². The molecule has 0 saturated carbocycles. The van der Waals surface area contributed by atoms with Crippen LogP contribution in [0.4, 0.5) is 22.7 Å². The number of carbonyl (C=O) groups excluding carboxylic acids is 3. The number of hydrogen-bond donors (Lipinski definition) is 4. The number of aliphatic imine (C=N–C) groups is 1. The number of ether oxygens (including phenoxy) is 2. The Bertz CT molecular complexity index is 4990. The number of fused-ring (bicyclic) bond motifs is 26. The Morgan fingerprint density at radius 3 is 1.11 bits per heavy atom. The van der Waals surface area contributed by atoms with Gasteiger partial charge in [0.1, 0.15) is 23.8 Å². The molecule has 744 valence electrons. The lowest BCUT2D eigenvalue weighted by Gasteiger charge is -2.47. The van der Waals surface area contributed by atoms with Crippen molar-refractivity contribution in [2.24, 2.45) is 70.0 Å². The molecule has 0 aromatic heterocycles. The van der Waals surface area contributed by atoms with Crippen LogP contribution in [0.5, 0.6) is 0 Å². The number of epoxide rings is 1. The zero-order chi connectivity index (χ0) is 95.4. The minimum atomic E-state index is -3.66. The highest BCUT2D eigenvalue weighted by atomic mass is 32.2. The van der Waals surface area contributed by atoms with Crippen molar-refractivity contribution in [3.05, 3.63) is 173 Å². The number of nitrogens with one attached hydrogen (secondary N) is 1. The lowest BCUT2D eigenvalue weighted by molar-refractivity contribution is -0.140. The van der Waals surface area contributed by atoms with Crippen LogP contribution in [0.25, 0.3) is 0 Å². The van der Waals surface area contributed by atoms with Crippen LogP contribution in [0, 0.1) is 59.2 Å². The first-order valence-corrected chi connectivity index (χ1v) is 55.6. The van der Waals surface area contributed by atoms with E-state index in [1.54, 1.807) is 5.57 Å². The average Bonchev–Trinajstić information content (AvgIpc) is 1.27. The zero-order valence-corrected chi connectivity index (χ0v) is 85.8. The monoisotopic (exact) mass is 1930 g/mol. The molecule has 30 aliphatic heterocycles. The molecule has 26 heteroatoms.